The second-order valence-corrected chi connectivity index (χ2v) is 8.49. The van der Waals surface area contributed by atoms with Gasteiger partial charge in [0.2, 0.25) is 5.91 Å². The van der Waals surface area contributed by atoms with E-state index in [2.05, 4.69) is 0 Å². The van der Waals surface area contributed by atoms with E-state index in [1.54, 1.807) is 11.0 Å². The molecule has 5 nitrogen and oxygen atoms in total. The van der Waals surface area contributed by atoms with Gasteiger partial charge in [-0.25, -0.2) is 9.29 Å². The summed E-state index contributed by atoms with van der Waals surface area (Å²) in [5, 5.41) is 0. The van der Waals surface area contributed by atoms with Crippen molar-refractivity contribution < 1.29 is 18.8 Å². The first kappa shape index (κ1) is 21.2. The molecule has 2 aromatic rings. The molecule has 1 aliphatic heterocycles. The summed E-state index contributed by atoms with van der Waals surface area (Å²) < 4.78 is 13.3. The number of nitrogens with zero attached hydrogens (tertiary/aromatic N) is 2. The largest absolute Gasteiger partial charge is 0.323 e. The van der Waals surface area contributed by atoms with Crippen molar-refractivity contribution in [3.63, 3.8) is 0 Å². The van der Waals surface area contributed by atoms with Crippen LogP contribution in [0.25, 0.3) is 0 Å². The molecule has 0 spiro atoms. The maximum absolute atomic E-state index is 13.6. The highest BCUT2D eigenvalue weighted by Gasteiger charge is 2.46. The second kappa shape index (κ2) is 9.00. The van der Waals surface area contributed by atoms with Gasteiger partial charge in [0.15, 0.2) is 0 Å². The van der Waals surface area contributed by atoms with E-state index in [9.17, 15) is 18.8 Å². The summed E-state index contributed by atoms with van der Waals surface area (Å²) in [5.41, 5.74) is 1.83. The molecule has 2 aromatic carbocycles. The SMILES string of the molecule is Cc1cccc(C(=O)N(C2CCCCCC2)C2CC(=O)N(c3ccc(F)cc3)C2=O)c1. The van der Waals surface area contributed by atoms with Crippen molar-refractivity contribution >= 4 is 23.4 Å². The fourth-order valence-corrected chi connectivity index (χ4v) is 4.72. The molecule has 1 unspecified atom stereocenters. The number of benzene rings is 2. The normalized spacial score (nSPS) is 20.1. The molecule has 2 fully saturated rings. The fraction of sp³-hybridized carbons (Fsp3) is 0.400. The second-order valence-electron chi connectivity index (χ2n) is 8.49. The lowest BCUT2D eigenvalue weighted by Crippen LogP contribution is -2.50. The van der Waals surface area contributed by atoms with Gasteiger partial charge in [0.05, 0.1) is 12.1 Å². The highest BCUT2D eigenvalue weighted by molar-refractivity contribution is 6.23. The zero-order valence-electron chi connectivity index (χ0n) is 17.7. The Labute approximate surface area is 181 Å². The summed E-state index contributed by atoms with van der Waals surface area (Å²) in [6.07, 6.45) is 5.82. The topological polar surface area (TPSA) is 57.7 Å². The summed E-state index contributed by atoms with van der Waals surface area (Å²) in [6, 6.07) is 11.7. The molecule has 6 heteroatoms. The van der Waals surface area contributed by atoms with Crippen molar-refractivity contribution in [2.45, 2.75) is 64.0 Å². The average Bonchev–Trinajstić information content (AvgIpc) is 2.92. The van der Waals surface area contributed by atoms with E-state index in [1.165, 1.54) is 24.3 Å². The zero-order chi connectivity index (χ0) is 22.0. The first-order valence-electron chi connectivity index (χ1n) is 11.0. The van der Waals surface area contributed by atoms with Crippen LogP contribution in [0.2, 0.25) is 0 Å². The van der Waals surface area contributed by atoms with Crippen molar-refractivity contribution in [2.24, 2.45) is 0 Å². The standard InChI is InChI=1S/C25H27FN2O3/c1-17-7-6-8-18(15-17)24(30)27(20-9-4-2-3-5-10-20)22-16-23(29)28(25(22)31)21-13-11-19(26)12-14-21/h6-8,11-15,20,22H,2-5,9-10,16H2,1H3. The van der Waals surface area contributed by atoms with E-state index in [0.29, 0.717) is 11.3 Å². The van der Waals surface area contributed by atoms with Gasteiger partial charge < -0.3 is 4.90 Å². The van der Waals surface area contributed by atoms with Gasteiger partial charge in [0.1, 0.15) is 11.9 Å². The molecule has 1 aliphatic carbocycles. The van der Waals surface area contributed by atoms with Crippen molar-refractivity contribution in [2.75, 3.05) is 4.90 Å². The van der Waals surface area contributed by atoms with E-state index in [0.717, 1.165) is 49.0 Å². The van der Waals surface area contributed by atoms with Gasteiger partial charge in [0.25, 0.3) is 11.8 Å². The van der Waals surface area contributed by atoms with Gasteiger partial charge in [-0.05, 0) is 56.2 Å². The number of hydrogen-bond donors (Lipinski definition) is 0. The van der Waals surface area contributed by atoms with Crippen LogP contribution in [-0.2, 0) is 9.59 Å². The van der Waals surface area contributed by atoms with Crippen LogP contribution in [0.3, 0.4) is 0 Å². The maximum atomic E-state index is 13.6. The van der Waals surface area contributed by atoms with Crippen LogP contribution >= 0.6 is 0 Å². The number of rotatable bonds is 4. The number of amides is 3. The molecule has 1 saturated heterocycles. The highest BCUT2D eigenvalue weighted by atomic mass is 19.1. The molecule has 0 N–H and O–H groups in total. The maximum Gasteiger partial charge on any atom is 0.257 e. The van der Waals surface area contributed by atoms with E-state index >= 15 is 0 Å². The minimum Gasteiger partial charge on any atom is -0.323 e. The lowest BCUT2D eigenvalue weighted by molar-refractivity contribution is -0.123. The van der Waals surface area contributed by atoms with Crippen LogP contribution in [0.1, 0.15) is 60.9 Å². The van der Waals surface area contributed by atoms with E-state index in [-0.39, 0.29) is 24.3 Å². The lowest BCUT2D eigenvalue weighted by Gasteiger charge is -2.35. The zero-order valence-corrected chi connectivity index (χ0v) is 17.7. The third kappa shape index (κ3) is 4.38. The van der Waals surface area contributed by atoms with Gasteiger partial charge in [-0.2, -0.15) is 0 Å². The number of carbonyl (C=O) groups is 3. The van der Waals surface area contributed by atoms with Gasteiger partial charge in [0, 0.05) is 11.6 Å². The molecule has 1 atom stereocenters. The van der Waals surface area contributed by atoms with Crippen molar-refractivity contribution in [1.29, 1.82) is 0 Å². The van der Waals surface area contributed by atoms with Crippen molar-refractivity contribution in [1.82, 2.24) is 4.90 Å². The van der Waals surface area contributed by atoms with Crippen molar-refractivity contribution in [3.05, 3.63) is 65.5 Å². The van der Waals surface area contributed by atoms with E-state index < -0.39 is 17.8 Å². The van der Waals surface area contributed by atoms with E-state index in [1.807, 2.05) is 25.1 Å². The molecular formula is C25H27FN2O3. The first-order chi connectivity index (χ1) is 15.0. The highest BCUT2D eigenvalue weighted by Crippen LogP contribution is 2.32. The Kier molecular flexibility index (Phi) is 6.16. The Hall–Kier alpha value is -3.02. The monoisotopic (exact) mass is 422 g/mol. The molecule has 0 bridgehead atoms. The summed E-state index contributed by atoms with van der Waals surface area (Å²) in [4.78, 5) is 42.6. The number of halogens is 1. The Bertz CT molecular complexity index is 981. The lowest BCUT2D eigenvalue weighted by atomic mass is 10.0. The van der Waals surface area contributed by atoms with Gasteiger partial charge in [-0.15, -0.1) is 0 Å². The molecular weight excluding hydrogens is 395 g/mol. The van der Waals surface area contributed by atoms with Crippen LogP contribution in [0.5, 0.6) is 0 Å². The smallest absolute Gasteiger partial charge is 0.257 e. The Balaban J connectivity index is 1.69. The third-order valence-corrected chi connectivity index (χ3v) is 6.26. The van der Waals surface area contributed by atoms with Crippen LogP contribution in [0.15, 0.2) is 48.5 Å². The van der Waals surface area contributed by atoms with Crippen LogP contribution in [-0.4, -0.2) is 34.7 Å². The Morgan fingerprint density at radius 2 is 1.68 bits per heavy atom. The molecule has 31 heavy (non-hydrogen) atoms. The fourth-order valence-electron chi connectivity index (χ4n) is 4.72. The first-order valence-corrected chi connectivity index (χ1v) is 11.0. The predicted octanol–water partition coefficient (Wildman–Crippen LogP) is 4.63. The van der Waals surface area contributed by atoms with Crippen molar-refractivity contribution in [3.8, 4) is 0 Å². The molecule has 0 radical (unpaired) electrons. The number of carbonyl (C=O) groups excluding carboxylic acids is 3. The van der Waals surface area contributed by atoms with Crippen LogP contribution < -0.4 is 4.90 Å². The van der Waals surface area contributed by atoms with Gasteiger partial charge in [-0.3, -0.25) is 14.4 Å². The minimum atomic E-state index is -0.839. The molecule has 4 rings (SSSR count). The third-order valence-electron chi connectivity index (χ3n) is 6.26. The quantitative estimate of drug-likeness (QED) is 0.533. The number of imide groups is 1. The molecule has 1 saturated carbocycles. The van der Waals surface area contributed by atoms with Gasteiger partial charge >= 0.3 is 0 Å². The molecule has 2 aliphatic rings. The van der Waals surface area contributed by atoms with E-state index in [4.69, 9.17) is 0 Å². The number of aryl methyl sites for hydroxylation is 1. The molecule has 1 heterocycles. The summed E-state index contributed by atoms with van der Waals surface area (Å²) in [6.45, 7) is 1.92. The number of anilines is 1. The summed E-state index contributed by atoms with van der Waals surface area (Å²) >= 11 is 0. The minimum absolute atomic E-state index is 0.0513. The summed E-state index contributed by atoms with van der Waals surface area (Å²) in [5.74, 6) is -1.42. The Morgan fingerprint density at radius 3 is 2.32 bits per heavy atom. The number of hydrogen-bond acceptors (Lipinski definition) is 3. The molecule has 3 amide bonds. The molecule has 162 valence electrons. The van der Waals surface area contributed by atoms with Gasteiger partial charge in [-0.1, -0.05) is 43.4 Å². The van der Waals surface area contributed by atoms with Crippen LogP contribution in [0, 0.1) is 12.7 Å². The summed E-state index contributed by atoms with van der Waals surface area (Å²) in [7, 11) is 0. The predicted molar refractivity (Wildman–Crippen MR) is 116 cm³/mol. The Morgan fingerprint density at radius 1 is 1.00 bits per heavy atom. The average molecular weight is 423 g/mol. The molecule has 0 aromatic heterocycles. The van der Waals surface area contributed by atoms with Crippen LogP contribution in [0.4, 0.5) is 10.1 Å².